The molecule has 1 rings (SSSR count). The Morgan fingerprint density at radius 1 is 0.852 bits per heavy atom. The van der Waals surface area contributed by atoms with Gasteiger partial charge in [0.1, 0.15) is 0 Å². The van der Waals surface area contributed by atoms with Crippen molar-refractivity contribution in [2.24, 2.45) is 5.92 Å². The molecule has 1 aliphatic rings. The summed E-state index contributed by atoms with van der Waals surface area (Å²) in [5.74, 6) is 0.485. The third-order valence-corrected chi connectivity index (χ3v) is 4.41. The molecule has 1 heterocycles. The first-order chi connectivity index (χ1) is 13.0. The summed E-state index contributed by atoms with van der Waals surface area (Å²) < 4.78 is 16.7. The van der Waals surface area contributed by atoms with Crippen molar-refractivity contribution in [1.29, 1.82) is 0 Å². The van der Waals surface area contributed by atoms with E-state index < -0.39 is 0 Å². The fraction of sp³-hybridized carbons (Fsp3) is 0.950. The van der Waals surface area contributed by atoms with Crippen LogP contribution < -0.4 is 5.32 Å². The van der Waals surface area contributed by atoms with Crippen molar-refractivity contribution in [2.75, 3.05) is 78.8 Å². The zero-order chi connectivity index (χ0) is 19.9. The van der Waals surface area contributed by atoms with Gasteiger partial charge < -0.3 is 19.5 Å². The number of hydrogen-bond donors (Lipinski definition) is 1. The summed E-state index contributed by atoms with van der Waals surface area (Å²) in [6, 6.07) is 0. The van der Waals surface area contributed by atoms with Gasteiger partial charge in [-0.05, 0) is 19.8 Å². The van der Waals surface area contributed by atoms with Crippen LogP contribution in [0.15, 0.2) is 0 Å². The Hall–Kier alpha value is -0.730. The number of ether oxygens (including phenoxy) is 3. The quantitative estimate of drug-likeness (QED) is 0.427. The third kappa shape index (κ3) is 14.0. The van der Waals surface area contributed by atoms with Gasteiger partial charge >= 0.3 is 0 Å². The van der Waals surface area contributed by atoms with Gasteiger partial charge in [-0.2, -0.15) is 0 Å². The van der Waals surface area contributed by atoms with Gasteiger partial charge in [0.25, 0.3) is 0 Å². The summed E-state index contributed by atoms with van der Waals surface area (Å²) >= 11 is 0. The molecule has 7 heteroatoms. The molecule has 1 fully saturated rings. The van der Waals surface area contributed by atoms with Crippen molar-refractivity contribution < 1.29 is 19.0 Å². The molecule has 0 spiro atoms. The molecule has 7 nitrogen and oxygen atoms in total. The first kappa shape index (κ1) is 24.3. The number of nitrogens with one attached hydrogen (secondary N) is 1. The lowest BCUT2D eigenvalue weighted by atomic mass is 10.1. The normalized spacial score (nSPS) is 16.4. The lowest BCUT2D eigenvalue weighted by Gasteiger charge is -2.34. The Bertz CT molecular complexity index is 372. The molecule has 0 atom stereocenters. The van der Waals surface area contributed by atoms with Gasteiger partial charge in [-0.3, -0.25) is 14.6 Å². The highest BCUT2D eigenvalue weighted by molar-refractivity contribution is 5.75. The summed E-state index contributed by atoms with van der Waals surface area (Å²) in [6.07, 6.45) is 0.888. The minimum atomic E-state index is 0.0948. The van der Waals surface area contributed by atoms with Crippen LogP contribution in [0.1, 0.15) is 34.1 Å². The maximum atomic E-state index is 11.5. The number of rotatable bonds is 15. The van der Waals surface area contributed by atoms with Gasteiger partial charge in [-0.1, -0.05) is 13.8 Å². The van der Waals surface area contributed by atoms with E-state index in [0.717, 1.165) is 52.5 Å². The molecule has 27 heavy (non-hydrogen) atoms. The van der Waals surface area contributed by atoms with E-state index >= 15 is 0 Å². The number of amides is 1. The summed E-state index contributed by atoms with van der Waals surface area (Å²) in [6.45, 7) is 18.5. The Morgan fingerprint density at radius 3 is 1.96 bits per heavy atom. The van der Waals surface area contributed by atoms with Gasteiger partial charge in [0, 0.05) is 52.2 Å². The Balaban J connectivity index is 1.86. The van der Waals surface area contributed by atoms with Crippen LogP contribution in [0.2, 0.25) is 0 Å². The summed E-state index contributed by atoms with van der Waals surface area (Å²) in [5.41, 5.74) is 0. The second kappa shape index (κ2) is 15.2. The zero-order valence-corrected chi connectivity index (χ0v) is 17.9. The first-order valence-electron chi connectivity index (χ1n) is 10.5. The second-order valence-electron chi connectivity index (χ2n) is 7.78. The van der Waals surface area contributed by atoms with Crippen LogP contribution in [0.25, 0.3) is 0 Å². The highest BCUT2D eigenvalue weighted by Crippen LogP contribution is 2.02. The van der Waals surface area contributed by atoms with Gasteiger partial charge in [0.05, 0.1) is 39.1 Å². The topological polar surface area (TPSA) is 63.3 Å². The maximum Gasteiger partial charge on any atom is 0.220 e. The molecule has 0 unspecified atom stereocenters. The predicted octanol–water partition coefficient (Wildman–Crippen LogP) is 1.22. The second-order valence-corrected chi connectivity index (χ2v) is 7.78. The first-order valence-corrected chi connectivity index (χ1v) is 10.5. The van der Waals surface area contributed by atoms with E-state index in [1.807, 2.05) is 13.8 Å². The minimum Gasteiger partial charge on any atom is -0.378 e. The molecule has 1 saturated heterocycles. The van der Waals surface area contributed by atoms with E-state index in [2.05, 4.69) is 29.0 Å². The van der Waals surface area contributed by atoms with Crippen LogP contribution in [0.4, 0.5) is 0 Å². The van der Waals surface area contributed by atoms with E-state index in [1.165, 1.54) is 0 Å². The van der Waals surface area contributed by atoms with Crippen molar-refractivity contribution in [3.63, 3.8) is 0 Å². The number of carbonyl (C=O) groups is 1. The molecule has 1 aliphatic heterocycles. The van der Waals surface area contributed by atoms with E-state index in [1.54, 1.807) is 0 Å². The molecular formula is C20H41N3O4. The fourth-order valence-electron chi connectivity index (χ4n) is 2.88. The summed E-state index contributed by atoms with van der Waals surface area (Å²) in [5, 5.41) is 2.86. The highest BCUT2D eigenvalue weighted by Gasteiger charge is 2.16. The Kier molecular flexibility index (Phi) is 13.7. The van der Waals surface area contributed by atoms with Crippen LogP contribution >= 0.6 is 0 Å². The minimum absolute atomic E-state index is 0.0948. The number of hydrogen-bond acceptors (Lipinski definition) is 6. The molecule has 0 aromatic rings. The molecule has 0 saturated carbocycles. The van der Waals surface area contributed by atoms with Crippen molar-refractivity contribution >= 4 is 5.91 Å². The lowest BCUT2D eigenvalue weighted by molar-refractivity contribution is -0.122. The summed E-state index contributed by atoms with van der Waals surface area (Å²) in [7, 11) is 0. The van der Waals surface area contributed by atoms with Crippen LogP contribution in [-0.2, 0) is 19.0 Å². The Labute approximate surface area is 165 Å². The zero-order valence-electron chi connectivity index (χ0n) is 17.9. The SMILES string of the molecule is CC(C)CC(=O)NCCOCCOCCN1CCN(CCOC(C)C)CC1. The van der Waals surface area contributed by atoms with Gasteiger partial charge in [-0.15, -0.1) is 0 Å². The van der Waals surface area contributed by atoms with E-state index in [9.17, 15) is 4.79 Å². The number of carbonyl (C=O) groups excluding carboxylic acids is 1. The van der Waals surface area contributed by atoms with Gasteiger partial charge in [-0.25, -0.2) is 0 Å². The van der Waals surface area contributed by atoms with Gasteiger partial charge in [0.2, 0.25) is 5.91 Å². The van der Waals surface area contributed by atoms with Crippen molar-refractivity contribution in [3.8, 4) is 0 Å². The standard InChI is InChI=1S/C20H41N3O4/c1-18(2)17-20(24)21-5-12-25-15-16-26-13-10-22-6-8-23(9-7-22)11-14-27-19(3)4/h18-19H,5-17H2,1-4H3,(H,21,24). The van der Waals surface area contributed by atoms with E-state index in [-0.39, 0.29) is 5.91 Å². The van der Waals surface area contributed by atoms with Crippen LogP contribution in [-0.4, -0.2) is 101 Å². The van der Waals surface area contributed by atoms with E-state index in [4.69, 9.17) is 14.2 Å². The van der Waals surface area contributed by atoms with Crippen LogP contribution in [0.5, 0.6) is 0 Å². The lowest BCUT2D eigenvalue weighted by Crippen LogP contribution is -2.48. The average molecular weight is 388 g/mol. The van der Waals surface area contributed by atoms with Crippen molar-refractivity contribution in [3.05, 3.63) is 0 Å². The molecule has 0 aliphatic carbocycles. The third-order valence-electron chi connectivity index (χ3n) is 4.41. The number of nitrogens with zero attached hydrogens (tertiary/aromatic N) is 2. The molecule has 160 valence electrons. The molecule has 0 aromatic carbocycles. The summed E-state index contributed by atoms with van der Waals surface area (Å²) in [4.78, 5) is 16.4. The van der Waals surface area contributed by atoms with Crippen LogP contribution in [0, 0.1) is 5.92 Å². The van der Waals surface area contributed by atoms with Gasteiger partial charge in [0.15, 0.2) is 0 Å². The van der Waals surface area contributed by atoms with E-state index in [0.29, 0.717) is 44.8 Å². The van der Waals surface area contributed by atoms with Crippen LogP contribution in [0.3, 0.4) is 0 Å². The van der Waals surface area contributed by atoms with Crippen molar-refractivity contribution in [1.82, 2.24) is 15.1 Å². The number of piperazine rings is 1. The molecule has 0 bridgehead atoms. The predicted molar refractivity (Wildman–Crippen MR) is 108 cm³/mol. The monoisotopic (exact) mass is 387 g/mol. The smallest absolute Gasteiger partial charge is 0.220 e. The molecule has 1 N–H and O–H groups in total. The average Bonchev–Trinajstić information content (AvgIpc) is 2.60. The molecule has 0 aromatic heterocycles. The Morgan fingerprint density at radius 2 is 1.41 bits per heavy atom. The highest BCUT2D eigenvalue weighted by atomic mass is 16.5. The molecule has 0 radical (unpaired) electrons. The molecular weight excluding hydrogens is 346 g/mol. The molecule has 1 amide bonds. The fourth-order valence-corrected chi connectivity index (χ4v) is 2.88. The van der Waals surface area contributed by atoms with Crippen molar-refractivity contribution in [2.45, 2.75) is 40.2 Å². The maximum absolute atomic E-state index is 11.5. The largest absolute Gasteiger partial charge is 0.378 e.